The van der Waals surface area contributed by atoms with E-state index in [0.29, 0.717) is 27.1 Å². The molecule has 3 N–H and O–H groups in total. The minimum atomic E-state index is -0.645. The molecule has 1 aromatic heterocycles. The van der Waals surface area contributed by atoms with E-state index in [1.54, 1.807) is 67.6 Å². The number of amides is 3. The quantitative estimate of drug-likeness (QED) is 0.104. The summed E-state index contributed by atoms with van der Waals surface area (Å²) in [7, 11) is 0. The van der Waals surface area contributed by atoms with Gasteiger partial charge in [-0.2, -0.15) is 0 Å². The first kappa shape index (κ1) is 31.6. The van der Waals surface area contributed by atoms with Crippen LogP contribution in [0.15, 0.2) is 119 Å². The first-order valence-corrected chi connectivity index (χ1v) is 15.8. The van der Waals surface area contributed by atoms with E-state index in [0.717, 1.165) is 10.5 Å². The van der Waals surface area contributed by atoms with E-state index in [2.05, 4.69) is 20.9 Å². The van der Waals surface area contributed by atoms with Gasteiger partial charge in [0.1, 0.15) is 11.5 Å². The van der Waals surface area contributed by atoms with Gasteiger partial charge in [0.05, 0.1) is 10.9 Å². The third-order valence-electron chi connectivity index (χ3n) is 6.39. The average Bonchev–Trinajstić information content (AvgIpc) is 3.50. The van der Waals surface area contributed by atoms with Crippen molar-refractivity contribution in [1.82, 2.24) is 10.3 Å². The van der Waals surface area contributed by atoms with Crippen molar-refractivity contribution in [2.75, 3.05) is 10.6 Å². The summed E-state index contributed by atoms with van der Waals surface area (Å²) in [5.74, 6) is -1.95. The molecule has 0 radical (unpaired) electrons. The molecule has 0 aliphatic rings. The van der Waals surface area contributed by atoms with Gasteiger partial charge in [0.2, 0.25) is 5.91 Å². The summed E-state index contributed by atoms with van der Waals surface area (Å²) in [6, 6.07) is 28.6. The summed E-state index contributed by atoms with van der Waals surface area (Å²) in [4.78, 5) is 44.4. The van der Waals surface area contributed by atoms with Crippen LogP contribution in [0.3, 0.4) is 0 Å². The van der Waals surface area contributed by atoms with Crippen molar-refractivity contribution >= 4 is 69.3 Å². The number of nitrogens with zero attached hydrogens (tertiary/aromatic N) is 1. The molecule has 0 saturated carbocycles. The lowest BCUT2D eigenvalue weighted by molar-refractivity contribution is -0.115. The zero-order valence-corrected chi connectivity index (χ0v) is 26.2. The van der Waals surface area contributed by atoms with Crippen molar-refractivity contribution in [3.05, 3.63) is 136 Å². The summed E-state index contributed by atoms with van der Waals surface area (Å²) in [5.41, 5.74) is 2.22. The number of hydrogen-bond acceptors (Lipinski definition) is 6. The lowest BCUT2D eigenvalue weighted by Gasteiger charge is -2.14. The Balaban J connectivity index is 1.26. The molecule has 0 aliphatic carbocycles. The number of hydrogen-bond donors (Lipinski definition) is 3. The second-order valence-corrected chi connectivity index (χ2v) is 12.3. The second kappa shape index (κ2) is 14.8. The number of nitrogens with one attached hydrogen (secondary N) is 3. The number of aromatic nitrogens is 1. The van der Waals surface area contributed by atoms with E-state index in [1.807, 2.05) is 29.6 Å². The Kier molecular flexibility index (Phi) is 10.4. The van der Waals surface area contributed by atoms with Crippen LogP contribution in [0.25, 0.3) is 17.3 Å². The first-order valence-electron chi connectivity index (χ1n) is 13.7. The molecule has 0 bridgehead atoms. The lowest BCUT2D eigenvalue weighted by atomic mass is 10.1. The summed E-state index contributed by atoms with van der Waals surface area (Å²) in [6.07, 6.45) is 1.28. The lowest BCUT2D eigenvalue weighted by Crippen LogP contribution is -2.30. The van der Waals surface area contributed by atoms with Crippen LogP contribution in [0.5, 0.6) is 0 Å². The van der Waals surface area contributed by atoms with Gasteiger partial charge in [-0.3, -0.25) is 14.4 Å². The molecule has 4 aromatic carbocycles. The monoisotopic (exact) mass is 656 g/mol. The zero-order valence-electron chi connectivity index (χ0n) is 23.8. The average molecular weight is 657 g/mol. The smallest absolute Gasteiger partial charge is 0.272 e. The number of carbonyl (C=O) groups excluding carboxylic acids is 3. The highest BCUT2D eigenvalue weighted by Gasteiger charge is 2.19. The van der Waals surface area contributed by atoms with E-state index < -0.39 is 22.9 Å². The van der Waals surface area contributed by atoms with Crippen molar-refractivity contribution in [2.24, 2.45) is 0 Å². The van der Waals surface area contributed by atoms with E-state index in [9.17, 15) is 18.8 Å². The summed E-state index contributed by atoms with van der Waals surface area (Å²) in [6.45, 7) is 1.77. The Morgan fingerprint density at radius 3 is 2.42 bits per heavy atom. The SMILES string of the molecule is CC(Sc1cccc(NC(=O)/C(=C/c2ccccc2F)NC(=O)c2ccccc2)c1)C(=O)Nc1nc(-c2ccccc2Cl)cs1. The van der Waals surface area contributed by atoms with Crippen LogP contribution < -0.4 is 16.0 Å². The van der Waals surface area contributed by atoms with Crippen LogP contribution in [0.4, 0.5) is 15.2 Å². The fraction of sp³-hybridized carbons (Fsp3) is 0.0588. The van der Waals surface area contributed by atoms with Crippen LogP contribution in [-0.4, -0.2) is 28.0 Å². The highest BCUT2D eigenvalue weighted by Crippen LogP contribution is 2.31. The molecule has 5 aromatic rings. The fourth-order valence-electron chi connectivity index (χ4n) is 4.12. The van der Waals surface area contributed by atoms with Crippen LogP contribution >= 0.6 is 34.7 Å². The number of thioether (sulfide) groups is 1. The number of anilines is 2. The highest BCUT2D eigenvalue weighted by atomic mass is 35.5. The highest BCUT2D eigenvalue weighted by molar-refractivity contribution is 8.00. The molecule has 1 atom stereocenters. The number of halogens is 2. The van der Waals surface area contributed by atoms with Crippen molar-refractivity contribution in [2.45, 2.75) is 17.1 Å². The summed E-state index contributed by atoms with van der Waals surface area (Å²) < 4.78 is 14.4. The normalized spacial score (nSPS) is 11.8. The molecule has 0 fully saturated rings. The Labute approximate surface area is 272 Å². The van der Waals surface area contributed by atoms with Crippen molar-refractivity contribution in [3.63, 3.8) is 0 Å². The minimum Gasteiger partial charge on any atom is -0.321 e. The molecule has 3 amide bonds. The molecule has 0 spiro atoms. The number of benzene rings is 4. The van der Waals surface area contributed by atoms with E-state index >= 15 is 0 Å². The molecule has 5 rings (SSSR count). The van der Waals surface area contributed by atoms with Gasteiger partial charge in [0, 0.05) is 37.7 Å². The Morgan fingerprint density at radius 1 is 0.911 bits per heavy atom. The largest absolute Gasteiger partial charge is 0.321 e. The standard InChI is InChI=1S/C34H26ClFN4O3S2/c1-21(31(41)40-34-39-30(20-44-34)26-15-6-7-16-27(26)35)45-25-14-9-13-24(19-25)37-33(43)29(18-23-12-5-8-17-28(23)36)38-32(42)22-10-3-2-4-11-22/h2-21H,1H3,(H,37,43)(H,38,42)(H,39,40,41)/b29-18-. The van der Waals surface area contributed by atoms with E-state index in [1.165, 1.54) is 47.4 Å². The summed E-state index contributed by atoms with van der Waals surface area (Å²) in [5, 5.41) is 10.6. The second-order valence-electron chi connectivity index (χ2n) is 9.65. The maximum atomic E-state index is 14.4. The van der Waals surface area contributed by atoms with Crippen LogP contribution in [-0.2, 0) is 9.59 Å². The maximum absolute atomic E-state index is 14.4. The molecule has 0 aliphatic heterocycles. The Hall–Kier alpha value is -4.77. The molecule has 0 saturated heterocycles. The molecule has 1 heterocycles. The van der Waals surface area contributed by atoms with E-state index in [4.69, 9.17) is 11.6 Å². The van der Waals surface area contributed by atoms with Gasteiger partial charge >= 0.3 is 0 Å². The van der Waals surface area contributed by atoms with Gasteiger partial charge in [-0.1, -0.05) is 72.3 Å². The van der Waals surface area contributed by atoms with Crippen molar-refractivity contribution in [1.29, 1.82) is 0 Å². The van der Waals surface area contributed by atoms with Gasteiger partial charge in [-0.05, 0) is 55.5 Å². The summed E-state index contributed by atoms with van der Waals surface area (Å²) >= 11 is 8.88. The van der Waals surface area contributed by atoms with Crippen molar-refractivity contribution in [3.8, 4) is 11.3 Å². The Morgan fingerprint density at radius 2 is 1.64 bits per heavy atom. The van der Waals surface area contributed by atoms with E-state index in [-0.39, 0.29) is 17.2 Å². The Bertz CT molecular complexity index is 1880. The topological polar surface area (TPSA) is 100 Å². The van der Waals surface area contributed by atoms with Gasteiger partial charge in [0.25, 0.3) is 11.8 Å². The molecular formula is C34H26ClFN4O3S2. The van der Waals surface area contributed by atoms with Crippen LogP contribution in [0.2, 0.25) is 5.02 Å². The molecule has 7 nitrogen and oxygen atoms in total. The van der Waals surface area contributed by atoms with Crippen molar-refractivity contribution < 1.29 is 18.8 Å². The van der Waals surface area contributed by atoms with Gasteiger partial charge in [-0.15, -0.1) is 23.1 Å². The predicted molar refractivity (Wildman–Crippen MR) is 180 cm³/mol. The van der Waals surface area contributed by atoms with Crippen LogP contribution in [0.1, 0.15) is 22.8 Å². The fourth-order valence-corrected chi connectivity index (χ4v) is 6.00. The predicted octanol–water partition coefficient (Wildman–Crippen LogP) is 8.13. The number of thiazole rings is 1. The first-order chi connectivity index (χ1) is 21.8. The third kappa shape index (κ3) is 8.45. The zero-order chi connectivity index (χ0) is 31.8. The van der Waals surface area contributed by atoms with Crippen LogP contribution in [0, 0.1) is 5.82 Å². The number of carbonyl (C=O) groups is 3. The molecular weight excluding hydrogens is 631 g/mol. The van der Waals surface area contributed by atoms with Gasteiger partial charge in [0.15, 0.2) is 5.13 Å². The maximum Gasteiger partial charge on any atom is 0.272 e. The van der Waals surface area contributed by atoms with Gasteiger partial charge in [-0.25, -0.2) is 9.37 Å². The molecule has 11 heteroatoms. The molecule has 1 unspecified atom stereocenters. The molecule has 45 heavy (non-hydrogen) atoms. The third-order valence-corrected chi connectivity index (χ3v) is 8.57. The molecule has 226 valence electrons. The number of rotatable bonds is 10. The minimum absolute atomic E-state index is 0.138. The van der Waals surface area contributed by atoms with Gasteiger partial charge < -0.3 is 16.0 Å².